The van der Waals surface area contributed by atoms with Gasteiger partial charge in [-0.3, -0.25) is 0 Å². The van der Waals surface area contributed by atoms with Crippen LogP contribution in [0.5, 0.6) is 0 Å². The summed E-state index contributed by atoms with van der Waals surface area (Å²) in [5.74, 6) is 1.56. The van der Waals surface area contributed by atoms with E-state index < -0.39 is 0 Å². The van der Waals surface area contributed by atoms with Gasteiger partial charge in [-0.05, 0) is 43.2 Å². The Balaban J connectivity index is 1.82. The molecule has 2 heteroatoms. The highest BCUT2D eigenvalue weighted by molar-refractivity contribution is 9.10. The highest BCUT2D eigenvalue weighted by Crippen LogP contribution is 2.40. The lowest BCUT2D eigenvalue weighted by atomic mass is 9.75. The maximum absolute atomic E-state index is 3.82. The van der Waals surface area contributed by atoms with Crippen LogP contribution in [0.2, 0.25) is 0 Å². The van der Waals surface area contributed by atoms with E-state index in [9.17, 15) is 0 Å². The van der Waals surface area contributed by atoms with Crippen molar-refractivity contribution in [3.05, 3.63) is 34.3 Å². The third-order valence-electron chi connectivity index (χ3n) is 4.74. The highest BCUT2D eigenvalue weighted by Gasteiger charge is 2.32. The van der Waals surface area contributed by atoms with Gasteiger partial charge in [0.1, 0.15) is 0 Å². The van der Waals surface area contributed by atoms with E-state index in [4.69, 9.17) is 0 Å². The number of benzene rings is 1. The Bertz CT molecular complexity index is 394. The molecule has 1 fully saturated rings. The van der Waals surface area contributed by atoms with Gasteiger partial charge in [0.05, 0.1) is 0 Å². The van der Waals surface area contributed by atoms with E-state index in [0.29, 0.717) is 12.1 Å². The molecule has 0 aliphatic heterocycles. The van der Waals surface area contributed by atoms with Crippen molar-refractivity contribution in [3.8, 4) is 0 Å². The van der Waals surface area contributed by atoms with Gasteiger partial charge in [-0.15, -0.1) is 0 Å². The van der Waals surface area contributed by atoms with Gasteiger partial charge in [-0.25, -0.2) is 0 Å². The molecule has 1 N–H and O–H groups in total. The molecule has 0 heterocycles. The summed E-state index contributed by atoms with van der Waals surface area (Å²) in [7, 11) is 0. The number of rotatable bonds is 6. The maximum Gasteiger partial charge on any atom is 0.0210 e. The van der Waals surface area contributed by atoms with Crippen molar-refractivity contribution in [1.82, 2.24) is 5.32 Å². The molecule has 0 aromatic heterocycles. The van der Waals surface area contributed by atoms with Crippen molar-refractivity contribution in [1.29, 1.82) is 0 Å². The van der Waals surface area contributed by atoms with E-state index in [1.54, 1.807) is 0 Å². The van der Waals surface area contributed by atoms with Gasteiger partial charge in [0.25, 0.3) is 0 Å². The molecule has 106 valence electrons. The molecule has 0 saturated heterocycles. The molecule has 1 atom stereocenters. The largest absolute Gasteiger partial charge is 0.311 e. The zero-order chi connectivity index (χ0) is 13.8. The van der Waals surface area contributed by atoms with Gasteiger partial charge in [0, 0.05) is 16.6 Å². The first-order chi connectivity index (χ1) is 9.15. The summed E-state index contributed by atoms with van der Waals surface area (Å²) >= 11 is 3.67. The van der Waals surface area contributed by atoms with E-state index in [2.05, 4.69) is 66.3 Å². The summed E-state index contributed by atoms with van der Waals surface area (Å²) in [5.41, 5.74) is 1.48. The van der Waals surface area contributed by atoms with Gasteiger partial charge < -0.3 is 5.32 Å². The molecule has 1 saturated carbocycles. The van der Waals surface area contributed by atoms with Crippen LogP contribution in [-0.4, -0.2) is 12.1 Å². The minimum atomic E-state index is 0.653. The third kappa shape index (κ3) is 3.61. The molecular weight excluding hydrogens is 298 g/mol. The van der Waals surface area contributed by atoms with E-state index in [1.807, 2.05) is 0 Å². The van der Waals surface area contributed by atoms with Crippen LogP contribution in [-0.2, 0) is 0 Å². The predicted octanol–water partition coefficient (Wildman–Crippen LogP) is 5.11. The molecule has 1 aliphatic carbocycles. The molecule has 1 nitrogen and oxygen atoms in total. The summed E-state index contributed by atoms with van der Waals surface area (Å²) in [6.07, 6.45) is 5.14. The minimum absolute atomic E-state index is 0.653. The lowest BCUT2D eigenvalue weighted by molar-refractivity contribution is 0.232. The van der Waals surface area contributed by atoms with Gasteiger partial charge in [0.2, 0.25) is 0 Å². The first-order valence-electron chi connectivity index (χ1n) is 7.66. The molecule has 0 radical (unpaired) electrons. The summed E-state index contributed by atoms with van der Waals surface area (Å²) < 4.78 is 1.27. The second kappa shape index (κ2) is 6.90. The lowest BCUT2D eigenvalue weighted by Crippen LogP contribution is -2.47. The Morgan fingerprint density at radius 1 is 1.21 bits per heavy atom. The molecule has 19 heavy (non-hydrogen) atoms. The van der Waals surface area contributed by atoms with Gasteiger partial charge >= 0.3 is 0 Å². The van der Waals surface area contributed by atoms with Crippen molar-refractivity contribution in [3.63, 3.8) is 0 Å². The van der Waals surface area contributed by atoms with Gasteiger partial charge in [-0.1, -0.05) is 60.8 Å². The Morgan fingerprint density at radius 3 is 2.42 bits per heavy atom. The normalized spacial score (nSPS) is 24.3. The minimum Gasteiger partial charge on any atom is -0.311 e. The van der Waals surface area contributed by atoms with Crippen LogP contribution >= 0.6 is 15.9 Å². The van der Waals surface area contributed by atoms with Crippen LogP contribution in [0.3, 0.4) is 0 Å². The quantitative estimate of drug-likeness (QED) is 0.767. The van der Waals surface area contributed by atoms with E-state index in [1.165, 1.54) is 35.7 Å². The van der Waals surface area contributed by atoms with E-state index in [0.717, 1.165) is 11.8 Å². The van der Waals surface area contributed by atoms with Crippen LogP contribution < -0.4 is 5.32 Å². The second-order valence-electron chi connectivity index (χ2n) is 5.92. The zero-order valence-corrected chi connectivity index (χ0v) is 13.9. The molecular formula is C17H26BrN. The van der Waals surface area contributed by atoms with Gasteiger partial charge in [-0.2, -0.15) is 0 Å². The molecule has 1 aromatic rings. The van der Waals surface area contributed by atoms with Crippen LogP contribution in [0.1, 0.15) is 57.9 Å². The Morgan fingerprint density at radius 2 is 1.84 bits per heavy atom. The molecule has 0 amide bonds. The van der Waals surface area contributed by atoms with Gasteiger partial charge in [0.15, 0.2) is 0 Å². The molecule has 2 rings (SSSR count). The molecule has 1 unspecified atom stereocenters. The fourth-order valence-corrected chi connectivity index (χ4v) is 3.93. The lowest BCUT2D eigenvalue weighted by Gasteiger charge is -2.40. The van der Waals surface area contributed by atoms with Crippen molar-refractivity contribution >= 4 is 15.9 Å². The Kier molecular flexibility index (Phi) is 5.47. The zero-order valence-electron chi connectivity index (χ0n) is 12.3. The molecule has 0 bridgehead atoms. The van der Waals surface area contributed by atoms with Crippen molar-refractivity contribution in [2.24, 2.45) is 5.92 Å². The monoisotopic (exact) mass is 323 g/mol. The number of halogens is 1. The smallest absolute Gasteiger partial charge is 0.0210 e. The van der Waals surface area contributed by atoms with Crippen LogP contribution in [0.4, 0.5) is 0 Å². The average molecular weight is 324 g/mol. The summed E-state index contributed by atoms with van der Waals surface area (Å²) in [6.45, 7) is 6.96. The van der Waals surface area contributed by atoms with Crippen molar-refractivity contribution < 1.29 is 0 Å². The van der Waals surface area contributed by atoms with E-state index >= 15 is 0 Å². The summed E-state index contributed by atoms with van der Waals surface area (Å²) in [4.78, 5) is 0. The Hall–Kier alpha value is -0.340. The fraction of sp³-hybridized carbons (Fsp3) is 0.647. The topological polar surface area (TPSA) is 12.0 Å². The SMILES string of the molecule is CCC(CC)C(C)NC1CC(c2ccccc2Br)C1. The molecule has 1 aromatic carbocycles. The number of nitrogens with one attached hydrogen (secondary N) is 1. The number of hydrogen-bond acceptors (Lipinski definition) is 1. The van der Waals surface area contributed by atoms with Crippen LogP contribution in [0.25, 0.3) is 0 Å². The van der Waals surface area contributed by atoms with Crippen LogP contribution in [0.15, 0.2) is 28.7 Å². The fourth-order valence-electron chi connectivity index (χ4n) is 3.32. The molecule has 1 aliphatic rings. The molecule has 0 spiro atoms. The van der Waals surface area contributed by atoms with Crippen LogP contribution in [0, 0.1) is 5.92 Å². The van der Waals surface area contributed by atoms with Crippen molar-refractivity contribution in [2.75, 3.05) is 0 Å². The summed E-state index contributed by atoms with van der Waals surface area (Å²) in [6, 6.07) is 10.0. The van der Waals surface area contributed by atoms with Crippen molar-refractivity contribution in [2.45, 2.75) is 64.5 Å². The standard InChI is InChI=1S/C17H26BrN/c1-4-13(5-2)12(3)19-15-10-14(11-15)16-8-6-7-9-17(16)18/h6-9,12-15,19H,4-5,10-11H2,1-3H3. The summed E-state index contributed by atoms with van der Waals surface area (Å²) in [5, 5.41) is 3.82. The average Bonchev–Trinajstić information content (AvgIpc) is 2.36. The van der Waals surface area contributed by atoms with E-state index in [-0.39, 0.29) is 0 Å². The number of hydrogen-bond donors (Lipinski definition) is 1. The third-order valence-corrected chi connectivity index (χ3v) is 5.46. The highest BCUT2D eigenvalue weighted by atomic mass is 79.9. The second-order valence-corrected chi connectivity index (χ2v) is 6.77. The first kappa shape index (κ1) is 15.1. The first-order valence-corrected chi connectivity index (χ1v) is 8.45. The Labute approximate surface area is 126 Å². The maximum atomic E-state index is 3.82. The predicted molar refractivity (Wildman–Crippen MR) is 86.6 cm³/mol.